The topological polar surface area (TPSA) is 54.5 Å². The molecule has 0 radical (unpaired) electrons. The molecule has 0 aliphatic rings. The molecule has 0 bridgehead atoms. The standard InChI is InChI=1S/C23H12ClFN4/c24-17-4-1-5-18(25)21(17)23-28-20-13-27-19-11-14(8-9-16(19)22(20)29-23)6-7-15-3-2-10-26-12-15/h1-5,8-13H,(H,28,29). The Morgan fingerprint density at radius 2 is 1.86 bits per heavy atom. The van der Waals surface area contributed by atoms with Gasteiger partial charge in [-0.2, -0.15) is 0 Å². The number of imidazole rings is 1. The van der Waals surface area contributed by atoms with Crippen molar-refractivity contribution < 1.29 is 4.39 Å². The van der Waals surface area contributed by atoms with E-state index in [1.807, 2.05) is 30.3 Å². The second-order valence-electron chi connectivity index (χ2n) is 6.43. The molecule has 0 unspecified atom stereocenters. The van der Waals surface area contributed by atoms with Gasteiger partial charge in [-0.3, -0.25) is 9.97 Å². The van der Waals surface area contributed by atoms with Gasteiger partial charge >= 0.3 is 0 Å². The minimum absolute atomic E-state index is 0.248. The van der Waals surface area contributed by atoms with E-state index in [0.29, 0.717) is 21.9 Å². The van der Waals surface area contributed by atoms with E-state index < -0.39 is 5.82 Å². The van der Waals surface area contributed by atoms with Gasteiger partial charge in [0.15, 0.2) is 0 Å². The first-order valence-electron chi connectivity index (χ1n) is 8.84. The van der Waals surface area contributed by atoms with Crippen LogP contribution in [0.15, 0.2) is 67.1 Å². The van der Waals surface area contributed by atoms with Crippen molar-refractivity contribution in [3.63, 3.8) is 0 Å². The average Bonchev–Trinajstić information content (AvgIpc) is 3.17. The lowest BCUT2D eigenvalue weighted by atomic mass is 10.1. The maximum atomic E-state index is 14.3. The highest BCUT2D eigenvalue weighted by atomic mass is 35.5. The Labute approximate surface area is 170 Å². The van der Waals surface area contributed by atoms with E-state index in [-0.39, 0.29) is 5.56 Å². The fourth-order valence-electron chi connectivity index (χ4n) is 3.16. The molecule has 0 fully saturated rings. The number of H-pyrrole nitrogens is 1. The second kappa shape index (κ2) is 7.01. The molecule has 29 heavy (non-hydrogen) atoms. The molecular weight excluding hydrogens is 387 g/mol. The number of aromatic amines is 1. The lowest BCUT2D eigenvalue weighted by Gasteiger charge is -2.01. The van der Waals surface area contributed by atoms with Crippen molar-refractivity contribution in [2.75, 3.05) is 0 Å². The number of benzene rings is 2. The van der Waals surface area contributed by atoms with E-state index in [1.165, 1.54) is 6.07 Å². The molecule has 0 spiro atoms. The zero-order valence-corrected chi connectivity index (χ0v) is 15.7. The number of aromatic nitrogens is 4. The predicted molar refractivity (Wildman–Crippen MR) is 112 cm³/mol. The number of halogens is 2. The fourth-order valence-corrected chi connectivity index (χ4v) is 3.41. The summed E-state index contributed by atoms with van der Waals surface area (Å²) in [5.74, 6) is 6.15. The first-order chi connectivity index (χ1) is 14.2. The molecule has 6 heteroatoms. The highest BCUT2D eigenvalue weighted by Crippen LogP contribution is 2.31. The fraction of sp³-hybridized carbons (Fsp3) is 0. The molecular formula is C23H12ClFN4. The molecule has 5 aromatic rings. The zero-order valence-electron chi connectivity index (χ0n) is 14.9. The van der Waals surface area contributed by atoms with Crippen molar-refractivity contribution in [2.24, 2.45) is 0 Å². The third-order valence-electron chi connectivity index (χ3n) is 4.53. The molecule has 1 N–H and O–H groups in total. The summed E-state index contributed by atoms with van der Waals surface area (Å²) in [6.45, 7) is 0. The van der Waals surface area contributed by atoms with Gasteiger partial charge in [-0.1, -0.05) is 29.5 Å². The van der Waals surface area contributed by atoms with Crippen LogP contribution in [0.4, 0.5) is 4.39 Å². The molecule has 0 saturated heterocycles. The number of hydrogen-bond donors (Lipinski definition) is 1. The Morgan fingerprint density at radius 3 is 2.69 bits per heavy atom. The number of rotatable bonds is 1. The third kappa shape index (κ3) is 3.20. The van der Waals surface area contributed by atoms with Crippen molar-refractivity contribution in [3.8, 4) is 23.2 Å². The summed E-state index contributed by atoms with van der Waals surface area (Å²) >= 11 is 6.18. The van der Waals surface area contributed by atoms with Gasteiger partial charge in [0, 0.05) is 28.9 Å². The first-order valence-corrected chi connectivity index (χ1v) is 9.22. The number of nitrogens with one attached hydrogen (secondary N) is 1. The predicted octanol–water partition coefficient (Wildman–Crippen LogP) is 5.37. The normalized spacial score (nSPS) is 10.8. The van der Waals surface area contributed by atoms with Crippen molar-refractivity contribution in [1.29, 1.82) is 0 Å². The summed E-state index contributed by atoms with van der Waals surface area (Å²) in [4.78, 5) is 16.3. The highest BCUT2D eigenvalue weighted by Gasteiger charge is 2.15. The van der Waals surface area contributed by atoms with Crippen LogP contribution in [0.2, 0.25) is 5.02 Å². The minimum atomic E-state index is -0.429. The number of nitrogens with zero attached hydrogens (tertiary/aromatic N) is 3. The monoisotopic (exact) mass is 398 g/mol. The number of fused-ring (bicyclic) bond motifs is 3. The Morgan fingerprint density at radius 1 is 0.966 bits per heavy atom. The molecule has 0 aliphatic carbocycles. The van der Waals surface area contributed by atoms with Crippen LogP contribution in [0.1, 0.15) is 11.1 Å². The van der Waals surface area contributed by atoms with Gasteiger partial charge in [0.05, 0.1) is 33.3 Å². The van der Waals surface area contributed by atoms with E-state index in [1.54, 1.807) is 30.7 Å². The van der Waals surface area contributed by atoms with Crippen LogP contribution in [-0.2, 0) is 0 Å². The Bertz CT molecular complexity index is 1410. The van der Waals surface area contributed by atoms with Gasteiger partial charge in [-0.25, -0.2) is 9.37 Å². The van der Waals surface area contributed by atoms with Gasteiger partial charge in [-0.05, 0) is 42.5 Å². The van der Waals surface area contributed by atoms with E-state index in [0.717, 1.165) is 22.0 Å². The Kier molecular flexibility index (Phi) is 4.19. The SMILES string of the molecule is Fc1cccc(Cl)c1-c1nc2c(cnc3cc(C#Cc4cccnc4)ccc32)[nH]1. The highest BCUT2D eigenvalue weighted by molar-refractivity contribution is 6.33. The first kappa shape index (κ1) is 17.4. The van der Waals surface area contributed by atoms with Crippen LogP contribution in [0.3, 0.4) is 0 Å². The van der Waals surface area contributed by atoms with Gasteiger partial charge in [0.1, 0.15) is 11.6 Å². The van der Waals surface area contributed by atoms with Crippen molar-refractivity contribution in [1.82, 2.24) is 19.9 Å². The van der Waals surface area contributed by atoms with Gasteiger partial charge in [0.25, 0.3) is 0 Å². The molecule has 3 aromatic heterocycles. The van der Waals surface area contributed by atoms with Crippen LogP contribution < -0.4 is 0 Å². The quantitative estimate of drug-likeness (QED) is 0.386. The third-order valence-corrected chi connectivity index (χ3v) is 4.84. The van der Waals surface area contributed by atoms with Crippen LogP contribution >= 0.6 is 11.6 Å². The maximum Gasteiger partial charge on any atom is 0.143 e. The van der Waals surface area contributed by atoms with E-state index in [4.69, 9.17) is 11.6 Å². The molecule has 138 valence electrons. The van der Waals surface area contributed by atoms with E-state index in [2.05, 4.69) is 31.8 Å². The van der Waals surface area contributed by atoms with Crippen molar-refractivity contribution >= 4 is 33.5 Å². The molecule has 0 aliphatic heterocycles. The maximum absolute atomic E-state index is 14.3. The largest absolute Gasteiger partial charge is 0.337 e. The lowest BCUT2D eigenvalue weighted by Crippen LogP contribution is -1.87. The van der Waals surface area contributed by atoms with Crippen LogP contribution in [0.25, 0.3) is 33.3 Å². The van der Waals surface area contributed by atoms with E-state index in [9.17, 15) is 4.39 Å². The smallest absolute Gasteiger partial charge is 0.143 e. The Balaban J connectivity index is 1.61. The number of hydrogen-bond acceptors (Lipinski definition) is 3. The lowest BCUT2D eigenvalue weighted by molar-refractivity contribution is 0.630. The summed E-state index contributed by atoms with van der Waals surface area (Å²) in [5, 5.41) is 1.15. The van der Waals surface area contributed by atoms with Crippen LogP contribution in [0, 0.1) is 17.7 Å². The van der Waals surface area contributed by atoms with Gasteiger partial charge in [-0.15, -0.1) is 0 Å². The molecule has 0 atom stereocenters. The number of pyridine rings is 2. The van der Waals surface area contributed by atoms with Gasteiger partial charge in [0.2, 0.25) is 0 Å². The molecule has 0 saturated carbocycles. The molecule has 5 rings (SSSR count). The van der Waals surface area contributed by atoms with Crippen molar-refractivity contribution in [2.45, 2.75) is 0 Å². The summed E-state index contributed by atoms with van der Waals surface area (Å²) in [5.41, 5.74) is 4.10. The molecule has 0 amide bonds. The minimum Gasteiger partial charge on any atom is -0.337 e. The summed E-state index contributed by atoms with van der Waals surface area (Å²) in [6, 6.07) is 14.1. The second-order valence-corrected chi connectivity index (χ2v) is 6.83. The molecule has 2 aromatic carbocycles. The van der Waals surface area contributed by atoms with Crippen LogP contribution in [-0.4, -0.2) is 19.9 Å². The van der Waals surface area contributed by atoms with Gasteiger partial charge < -0.3 is 4.98 Å². The Hall–Kier alpha value is -3.75. The summed E-state index contributed by atoms with van der Waals surface area (Å²) in [7, 11) is 0. The molecule has 4 nitrogen and oxygen atoms in total. The van der Waals surface area contributed by atoms with Crippen molar-refractivity contribution in [3.05, 3.63) is 89.1 Å². The molecule has 3 heterocycles. The summed E-state index contributed by atoms with van der Waals surface area (Å²) in [6.07, 6.45) is 5.11. The summed E-state index contributed by atoms with van der Waals surface area (Å²) < 4.78 is 14.3. The van der Waals surface area contributed by atoms with E-state index >= 15 is 0 Å². The van der Waals surface area contributed by atoms with Crippen LogP contribution in [0.5, 0.6) is 0 Å². The zero-order chi connectivity index (χ0) is 19.8. The average molecular weight is 399 g/mol.